The lowest BCUT2D eigenvalue weighted by Crippen LogP contribution is -2.40. The monoisotopic (exact) mass is 354 g/mol. The Hall–Kier alpha value is -1.00. The molecule has 118 valence electrons. The SMILES string of the molecule is C=C(NCC(Cc1ccc(Br)cc1)N(C)C)OC(C)(C)C. The number of hydrogen-bond acceptors (Lipinski definition) is 3. The lowest BCUT2D eigenvalue weighted by molar-refractivity contribution is 0.0398. The molecule has 0 heterocycles. The molecule has 0 aliphatic carbocycles. The van der Waals surface area contributed by atoms with Gasteiger partial charge in [-0.25, -0.2) is 0 Å². The van der Waals surface area contributed by atoms with Crippen LogP contribution >= 0.6 is 15.9 Å². The number of hydrogen-bond donors (Lipinski definition) is 1. The first kappa shape index (κ1) is 18.1. The molecule has 0 fully saturated rings. The Morgan fingerprint density at radius 1 is 1.29 bits per heavy atom. The standard InChI is InChI=1S/C17H27BrN2O/c1-13(21-17(2,3)4)19-12-16(20(5)6)11-14-7-9-15(18)10-8-14/h7-10,16,19H,1,11-12H2,2-6H3. The van der Waals surface area contributed by atoms with Crippen molar-refractivity contribution in [3.8, 4) is 0 Å². The zero-order chi connectivity index (χ0) is 16.0. The van der Waals surface area contributed by atoms with Gasteiger partial charge in [0.25, 0.3) is 0 Å². The first-order valence-electron chi connectivity index (χ1n) is 7.20. The summed E-state index contributed by atoms with van der Waals surface area (Å²) in [4.78, 5) is 2.22. The molecule has 0 amide bonds. The number of nitrogens with one attached hydrogen (secondary N) is 1. The minimum absolute atomic E-state index is 0.219. The molecule has 0 saturated carbocycles. The predicted molar refractivity (Wildman–Crippen MR) is 93.3 cm³/mol. The molecule has 0 aliphatic rings. The van der Waals surface area contributed by atoms with Crippen LogP contribution in [0.3, 0.4) is 0 Å². The van der Waals surface area contributed by atoms with Crippen molar-refractivity contribution in [1.82, 2.24) is 10.2 Å². The van der Waals surface area contributed by atoms with Crippen molar-refractivity contribution in [2.75, 3.05) is 20.6 Å². The molecule has 0 radical (unpaired) electrons. The maximum atomic E-state index is 5.70. The van der Waals surface area contributed by atoms with Crippen molar-refractivity contribution in [2.24, 2.45) is 0 Å². The van der Waals surface area contributed by atoms with Gasteiger partial charge in [0.1, 0.15) is 5.60 Å². The number of nitrogens with zero attached hydrogens (tertiary/aromatic N) is 1. The molecule has 1 aromatic carbocycles. The smallest absolute Gasteiger partial charge is 0.179 e. The van der Waals surface area contributed by atoms with Crippen molar-refractivity contribution < 1.29 is 4.74 Å². The molecule has 0 aliphatic heterocycles. The van der Waals surface area contributed by atoms with Crippen LogP contribution < -0.4 is 5.32 Å². The summed E-state index contributed by atoms with van der Waals surface area (Å²) in [6, 6.07) is 8.85. The highest BCUT2D eigenvalue weighted by atomic mass is 79.9. The van der Waals surface area contributed by atoms with Gasteiger partial charge < -0.3 is 15.0 Å². The molecule has 0 bridgehead atoms. The molecule has 1 rings (SSSR count). The molecule has 1 unspecified atom stereocenters. The topological polar surface area (TPSA) is 24.5 Å². The average molecular weight is 355 g/mol. The van der Waals surface area contributed by atoms with Crippen molar-refractivity contribution >= 4 is 15.9 Å². The first-order valence-corrected chi connectivity index (χ1v) is 7.99. The van der Waals surface area contributed by atoms with Crippen LogP contribution in [0.5, 0.6) is 0 Å². The van der Waals surface area contributed by atoms with Crippen molar-refractivity contribution in [3.63, 3.8) is 0 Å². The maximum absolute atomic E-state index is 5.70. The second-order valence-corrected chi connectivity index (χ2v) is 7.38. The maximum Gasteiger partial charge on any atom is 0.179 e. The number of benzene rings is 1. The van der Waals surface area contributed by atoms with Crippen LogP contribution in [0.2, 0.25) is 0 Å². The predicted octanol–water partition coefficient (Wildman–Crippen LogP) is 3.80. The summed E-state index contributed by atoms with van der Waals surface area (Å²) in [6.07, 6.45) is 0.982. The van der Waals surface area contributed by atoms with E-state index in [1.54, 1.807) is 0 Å². The van der Waals surface area contributed by atoms with E-state index in [9.17, 15) is 0 Å². The molecule has 0 aromatic heterocycles. The Morgan fingerprint density at radius 3 is 2.33 bits per heavy atom. The van der Waals surface area contributed by atoms with E-state index >= 15 is 0 Å². The van der Waals surface area contributed by atoms with Gasteiger partial charge >= 0.3 is 0 Å². The van der Waals surface area contributed by atoms with Crippen molar-refractivity contribution in [1.29, 1.82) is 0 Å². The molecule has 21 heavy (non-hydrogen) atoms. The van der Waals surface area contributed by atoms with Gasteiger partial charge in [0, 0.05) is 17.1 Å². The third kappa shape index (κ3) is 7.53. The van der Waals surface area contributed by atoms with Gasteiger partial charge in [-0.05, 0) is 65.6 Å². The normalized spacial score (nSPS) is 13.1. The third-order valence-corrected chi connectivity index (χ3v) is 3.61. The highest BCUT2D eigenvalue weighted by Crippen LogP contribution is 2.14. The zero-order valence-electron chi connectivity index (χ0n) is 13.7. The number of rotatable bonds is 7. The minimum atomic E-state index is -0.219. The zero-order valence-corrected chi connectivity index (χ0v) is 15.3. The van der Waals surface area contributed by atoms with Gasteiger partial charge in [-0.15, -0.1) is 0 Å². The van der Waals surface area contributed by atoms with Crippen molar-refractivity contribution in [3.05, 3.63) is 46.8 Å². The third-order valence-electron chi connectivity index (χ3n) is 3.08. The van der Waals surface area contributed by atoms with E-state index in [1.807, 2.05) is 20.8 Å². The molecular formula is C17H27BrN2O. The average Bonchev–Trinajstić information content (AvgIpc) is 2.34. The van der Waals surface area contributed by atoms with Crippen LogP contribution in [0.4, 0.5) is 0 Å². The minimum Gasteiger partial charge on any atom is -0.474 e. The lowest BCUT2D eigenvalue weighted by atomic mass is 10.1. The molecule has 4 heteroatoms. The number of likely N-dealkylation sites (N-methyl/N-ethyl adjacent to an activating group) is 1. The van der Waals surface area contributed by atoms with Gasteiger partial charge in [0.2, 0.25) is 0 Å². The van der Waals surface area contributed by atoms with E-state index in [0.29, 0.717) is 11.9 Å². The fourth-order valence-electron chi connectivity index (χ4n) is 1.97. The van der Waals surface area contributed by atoms with E-state index in [4.69, 9.17) is 4.74 Å². The molecular weight excluding hydrogens is 328 g/mol. The van der Waals surface area contributed by atoms with E-state index in [2.05, 4.69) is 71.1 Å². The Kier molecular flexibility index (Phi) is 6.75. The molecule has 3 nitrogen and oxygen atoms in total. The molecule has 0 saturated heterocycles. The lowest BCUT2D eigenvalue weighted by Gasteiger charge is -2.28. The van der Waals surface area contributed by atoms with Gasteiger partial charge in [-0.1, -0.05) is 28.1 Å². The summed E-state index contributed by atoms with van der Waals surface area (Å²) in [5, 5.41) is 3.28. The largest absolute Gasteiger partial charge is 0.474 e. The Bertz CT molecular complexity index is 449. The molecule has 1 atom stereocenters. The van der Waals surface area contributed by atoms with E-state index < -0.39 is 0 Å². The number of ether oxygens (including phenoxy) is 1. The van der Waals surface area contributed by atoms with Crippen LogP contribution in [0.25, 0.3) is 0 Å². The quantitative estimate of drug-likeness (QED) is 0.753. The Morgan fingerprint density at radius 2 is 1.86 bits per heavy atom. The van der Waals surface area contributed by atoms with E-state index in [1.165, 1.54) is 5.56 Å². The second-order valence-electron chi connectivity index (χ2n) is 6.47. The Labute approximate surface area is 137 Å². The molecule has 1 aromatic rings. The van der Waals surface area contributed by atoms with Gasteiger partial charge in [-0.3, -0.25) is 0 Å². The van der Waals surface area contributed by atoms with Gasteiger partial charge in [0.15, 0.2) is 5.88 Å². The number of halogens is 1. The summed E-state index contributed by atoms with van der Waals surface area (Å²) in [5.41, 5.74) is 1.10. The second kappa shape index (κ2) is 7.85. The summed E-state index contributed by atoms with van der Waals surface area (Å²) >= 11 is 3.47. The van der Waals surface area contributed by atoms with Crippen LogP contribution in [0.15, 0.2) is 41.2 Å². The highest BCUT2D eigenvalue weighted by Gasteiger charge is 2.15. The van der Waals surface area contributed by atoms with Crippen LogP contribution in [0, 0.1) is 0 Å². The molecule has 0 spiro atoms. The molecule has 1 N–H and O–H groups in total. The summed E-state index contributed by atoms with van der Waals surface area (Å²) < 4.78 is 6.81. The summed E-state index contributed by atoms with van der Waals surface area (Å²) in [5.74, 6) is 0.630. The summed E-state index contributed by atoms with van der Waals surface area (Å²) in [6.45, 7) is 10.8. The first-order chi connectivity index (χ1) is 9.67. The van der Waals surface area contributed by atoms with E-state index in [0.717, 1.165) is 17.4 Å². The van der Waals surface area contributed by atoms with Crippen molar-refractivity contribution in [2.45, 2.75) is 38.8 Å². The Balaban J connectivity index is 2.54. The van der Waals surface area contributed by atoms with Gasteiger partial charge in [0.05, 0.1) is 0 Å². The fraction of sp³-hybridized carbons (Fsp3) is 0.529. The van der Waals surface area contributed by atoms with Crippen LogP contribution in [0.1, 0.15) is 26.3 Å². The van der Waals surface area contributed by atoms with Crippen LogP contribution in [-0.4, -0.2) is 37.2 Å². The van der Waals surface area contributed by atoms with E-state index in [-0.39, 0.29) is 5.60 Å². The van der Waals surface area contributed by atoms with Gasteiger partial charge in [-0.2, -0.15) is 0 Å². The fourth-order valence-corrected chi connectivity index (χ4v) is 2.23. The highest BCUT2D eigenvalue weighted by molar-refractivity contribution is 9.10. The van der Waals surface area contributed by atoms with Crippen LogP contribution in [-0.2, 0) is 11.2 Å². The summed E-state index contributed by atoms with van der Waals surface area (Å²) in [7, 11) is 4.19.